The van der Waals surface area contributed by atoms with Gasteiger partial charge in [0.15, 0.2) is 0 Å². The van der Waals surface area contributed by atoms with E-state index in [4.69, 9.17) is 14.2 Å². The lowest BCUT2D eigenvalue weighted by Crippen LogP contribution is -2.43. The Morgan fingerprint density at radius 3 is 2.78 bits per heavy atom. The number of aliphatic hydroxyl groups is 1. The van der Waals surface area contributed by atoms with Crippen LogP contribution < -0.4 is 9.47 Å². The highest BCUT2D eigenvalue weighted by molar-refractivity contribution is 5.39. The van der Waals surface area contributed by atoms with Crippen molar-refractivity contribution in [3.8, 4) is 11.5 Å². The van der Waals surface area contributed by atoms with Gasteiger partial charge in [0.1, 0.15) is 11.5 Å². The number of benzene rings is 1. The van der Waals surface area contributed by atoms with Gasteiger partial charge in [-0.25, -0.2) is 0 Å². The van der Waals surface area contributed by atoms with Crippen LogP contribution in [-0.4, -0.2) is 56.1 Å². The molecule has 5 heteroatoms. The summed E-state index contributed by atoms with van der Waals surface area (Å²) in [4.78, 5) is 2.35. The Hall–Kier alpha value is -1.30. The van der Waals surface area contributed by atoms with Crippen LogP contribution in [0.5, 0.6) is 11.5 Å². The second-order valence-electron chi connectivity index (χ2n) is 6.19. The number of nitrogens with zero attached hydrogens (tertiary/aromatic N) is 1. The fraction of sp³-hybridized carbons (Fsp3) is 0.667. The monoisotopic (exact) mass is 323 g/mol. The maximum Gasteiger partial charge on any atom is 0.124 e. The first-order chi connectivity index (χ1) is 11.1. The lowest BCUT2D eigenvalue weighted by atomic mass is 10.0. The van der Waals surface area contributed by atoms with Gasteiger partial charge in [-0.05, 0) is 44.5 Å². The fourth-order valence-electron chi connectivity index (χ4n) is 3.05. The molecule has 1 heterocycles. The first-order valence-corrected chi connectivity index (χ1v) is 8.34. The maximum atomic E-state index is 10.2. The molecule has 130 valence electrons. The summed E-state index contributed by atoms with van der Waals surface area (Å²) in [7, 11) is 3.27. The predicted octanol–water partition coefficient (Wildman–Crippen LogP) is 2.46. The van der Waals surface area contributed by atoms with Crippen LogP contribution in [0.2, 0.25) is 0 Å². The summed E-state index contributed by atoms with van der Waals surface area (Å²) in [5.41, 5.74) is 0.922. The molecule has 0 saturated carbocycles. The number of ether oxygens (including phenoxy) is 3. The van der Waals surface area contributed by atoms with E-state index in [9.17, 15) is 5.11 Å². The van der Waals surface area contributed by atoms with Crippen LogP contribution in [0.15, 0.2) is 18.2 Å². The Bertz CT molecular complexity index is 480. The van der Waals surface area contributed by atoms with Gasteiger partial charge in [0, 0.05) is 18.2 Å². The van der Waals surface area contributed by atoms with Crippen molar-refractivity contribution in [3.05, 3.63) is 23.8 Å². The minimum Gasteiger partial charge on any atom is -0.497 e. The second-order valence-corrected chi connectivity index (χ2v) is 6.19. The van der Waals surface area contributed by atoms with Crippen LogP contribution in [0, 0.1) is 0 Å². The summed E-state index contributed by atoms with van der Waals surface area (Å²) in [5, 5.41) is 10.2. The third kappa shape index (κ3) is 5.37. The minimum atomic E-state index is -0.466. The summed E-state index contributed by atoms with van der Waals surface area (Å²) in [6.45, 7) is 4.70. The van der Waals surface area contributed by atoms with Crippen molar-refractivity contribution < 1.29 is 19.3 Å². The molecule has 0 bridgehead atoms. The van der Waals surface area contributed by atoms with E-state index in [2.05, 4.69) is 11.8 Å². The van der Waals surface area contributed by atoms with Crippen molar-refractivity contribution in [2.45, 2.75) is 44.9 Å². The van der Waals surface area contributed by atoms with Gasteiger partial charge >= 0.3 is 0 Å². The van der Waals surface area contributed by atoms with E-state index in [1.807, 2.05) is 18.2 Å². The zero-order valence-corrected chi connectivity index (χ0v) is 14.5. The molecule has 0 unspecified atom stereocenters. The lowest BCUT2D eigenvalue weighted by Gasteiger charge is -2.34. The van der Waals surface area contributed by atoms with Gasteiger partial charge in [-0.2, -0.15) is 0 Å². The summed E-state index contributed by atoms with van der Waals surface area (Å²) in [6, 6.07) is 6.17. The van der Waals surface area contributed by atoms with E-state index in [0.717, 1.165) is 23.6 Å². The quantitative estimate of drug-likeness (QED) is 0.796. The topological polar surface area (TPSA) is 51.2 Å². The summed E-state index contributed by atoms with van der Waals surface area (Å²) < 4.78 is 16.2. The van der Waals surface area contributed by atoms with Crippen LogP contribution in [0.3, 0.4) is 0 Å². The summed E-state index contributed by atoms with van der Waals surface area (Å²) >= 11 is 0. The highest BCUT2D eigenvalue weighted by Gasteiger charge is 2.20. The van der Waals surface area contributed by atoms with Crippen LogP contribution in [0.1, 0.15) is 31.7 Å². The van der Waals surface area contributed by atoms with Crippen molar-refractivity contribution in [1.82, 2.24) is 4.90 Å². The van der Waals surface area contributed by atoms with E-state index in [-0.39, 0.29) is 0 Å². The van der Waals surface area contributed by atoms with Crippen molar-refractivity contribution in [2.24, 2.45) is 0 Å². The zero-order valence-electron chi connectivity index (χ0n) is 14.5. The van der Waals surface area contributed by atoms with E-state index in [1.54, 1.807) is 14.2 Å². The fourth-order valence-corrected chi connectivity index (χ4v) is 3.05. The van der Waals surface area contributed by atoms with E-state index < -0.39 is 6.10 Å². The Morgan fingerprint density at radius 1 is 1.26 bits per heavy atom. The zero-order chi connectivity index (χ0) is 16.7. The van der Waals surface area contributed by atoms with Crippen LogP contribution in [0.25, 0.3) is 0 Å². The summed E-state index contributed by atoms with van der Waals surface area (Å²) in [6.07, 6.45) is 3.26. The molecule has 0 spiro atoms. The molecule has 1 aromatic carbocycles. The van der Waals surface area contributed by atoms with Gasteiger partial charge in [0.2, 0.25) is 0 Å². The van der Waals surface area contributed by atoms with Crippen molar-refractivity contribution in [3.63, 3.8) is 0 Å². The standard InChI is InChI=1S/C18H29NO4/c1-14-6-4-5-9-19(14)11-16(20)13-23-12-15-10-17(21-2)7-8-18(15)22-3/h7-8,10,14,16,20H,4-6,9,11-13H2,1-3H3/t14-,16+/m0/s1. The number of methoxy groups -OCH3 is 2. The molecule has 1 N–H and O–H groups in total. The average Bonchev–Trinajstić information content (AvgIpc) is 2.57. The van der Waals surface area contributed by atoms with Gasteiger partial charge in [-0.3, -0.25) is 4.90 Å². The molecule has 1 aliphatic rings. The van der Waals surface area contributed by atoms with Gasteiger partial charge in [-0.15, -0.1) is 0 Å². The van der Waals surface area contributed by atoms with Crippen molar-refractivity contribution in [2.75, 3.05) is 33.9 Å². The normalized spacial score (nSPS) is 20.3. The number of piperidine rings is 1. The Kier molecular flexibility index (Phi) is 7.15. The maximum absolute atomic E-state index is 10.2. The molecule has 0 amide bonds. The number of aliphatic hydroxyl groups excluding tert-OH is 1. The first-order valence-electron chi connectivity index (χ1n) is 8.34. The first kappa shape index (κ1) is 18.0. The number of rotatable bonds is 8. The number of hydrogen-bond donors (Lipinski definition) is 1. The molecule has 0 aromatic heterocycles. The molecular formula is C18H29NO4. The highest BCUT2D eigenvalue weighted by Crippen LogP contribution is 2.24. The molecule has 2 rings (SSSR count). The molecule has 1 saturated heterocycles. The molecule has 23 heavy (non-hydrogen) atoms. The Morgan fingerprint density at radius 2 is 2.09 bits per heavy atom. The highest BCUT2D eigenvalue weighted by atomic mass is 16.5. The third-order valence-electron chi connectivity index (χ3n) is 4.44. The van der Waals surface area contributed by atoms with Crippen molar-refractivity contribution >= 4 is 0 Å². The van der Waals surface area contributed by atoms with Crippen LogP contribution >= 0.6 is 0 Å². The smallest absolute Gasteiger partial charge is 0.124 e. The average molecular weight is 323 g/mol. The molecule has 1 aliphatic heterocycles. The summed E-state index contributed by atoms with van der Waals surface area (Å²) in [5.74, 6) is 1.54. The molecule has 1 aromatic rings. The van der Waals surface area contributed by atoms with E-state index >= 15 is 0 Å². The molecule has 2 atom stereocenters. The lowest BCUT2D eigenvalue weighted by molar-refractivity contribution is -0.00180. The number of hydrogen-bond acceptors (Lipinski definition) is 5. The van der Waals surface area contributed by atoms with E-state index in [0.29, 0.717) is 25.8 Å². The Balaban J connectivity index is 1.79. The Labute approximate surface area is 139 Å². The van der Waals surface area contributed by atoms with Gasteiger partial charge in [0.25, 0.3) is 0 Å². The predicted molar refractivity (Wildman–Crippen MR) is 90.1 cm³/mol. The van der Waals surface area contributed by atoms with Crippen LogP contribution in [0.4, 0.5) is 0 Å². The van der Waals surface area contributed by atoms with Crippen molar-refractivity contribution in [1.29, 1.82) is 0 Å². The SMILES string of the molecule is COc1ccc(OC)c(COC[C@H](O)CN2CCCC[C@@H]2C)c1. The largest absolute Gasteiger partial charge is 0.497 e. The third-order valence-corrected chi connectivity index (χ3v) is 4.44. The van der Waals surface area contributed by atoms with Gasteiger partial charge in [-0.1, -0.05) is 6.42 Å². The van der Waals surface area contributed by atoms with Crippen LogP contribution in [-0.2, 0) is 11.3 Å². The number of likely N-dealkylation sites (tertiary alicyclic amines) is 1. The molecule has 0 aliphatic carbocycles. The molecular weight excluding hydrogens is 294 g/mol. The van der Waals surface area contributed by atoms with E-state index in [1.165, 1.54) is 19.3 Å². The number of β-amino-alcohol motifs (C(OH)–C–C–N with tert-alkyl or cyclic N) is 1. The minimum absolute atomic E-state index is 0.323. The molecule has 5 nitrogen and oxygen atoms in total. The van der Waals surface area contributed by atoms with Gasteiger partial charge < -0.3 is 19.3 Å². The molecule has 1 fully saturated rings. The second kappa shape index (κ2) is 9.11. The van der Waals surface area contributed by atoms with Gasteiger partial charge in [0.05, 0.1) is 33.5 Å². The molecule has 0 radical (unpaired) electrons.